The lowest BCUT2D eigenvalue weighted by Gasteiger charge is -2.31. The largest absolute Gasteiger partial charge is 0.290 e. The Morgan fingerprint density at radius 2 is 1.44 bits per heavy atom. The van der Waals surface area contributed by atoms with Gasteiger partial charge in [-0.15, -0.1) is 5.10 Å². The van der Waals surface area contributed by atoms with Crippen LogP contribution in [0.4, 0.5) is 5.69 Å². The van der Waals surface area contributed by atoms with E-state index in [0.717, 1.165) is 33.4 Å². The molecule has 0 N–H and O–H groups in total. The minimum atomic E-state index is -0.359. The Morgan fingerprint density at radius 3 is 2.19 bits per heavy atom. The van der Waals surface area contributed by atoms with Crippen molar-refractivity contribution in [2.24, 2.45) is 0 Å². The van der Waals surface area contributed by atoms with E-state index in [0.29, 0.717) is 13.1 Å². The summed E-state index contributed by atoms with van der Waals surface area (Å²) in [6, 6.07) is 36.3. The first-order valence-electron chi connectivity index (χ1n) is 12.2. The maximum atomic E-state index is 14.2. The van der Waals surface area contributed by atoms with Gasteiger partial charge >= 0.3 is 0 Å². The summed E-state index contributed by atoms with van der Waals surface area (Å²) in [5.74, 6) is 0.0842. The van der Waals surface area contributed by atoms with Gasteiger partial charge in [0.05, 0.1) is 18.2 Å². The molecule has 2 atom stereocenters. The summed E-state index contributed by atoms with van der Waals surface area (Å²) in [4.78, 5) is 18.4. The molecule has 6 nitrogen and oxygen atoms in total. The van der Waals surface area contributed by atoms with Crippen LogP contribution >= 0.6 is 0 Å². The number of aryl methyl sites for hydroxylation is 1. The van der Waals surface area contributed by atoms with Crippen molar-refractivity contribution in [3.63, 3.8) is 0 Å². The van der Waals surface area contributed by atoms with Crippen molar-refractivity contribution in [3.05, 3.63) is 126 Å². The number of rotatable bonds is 6. The van der Waals surface area contributed by atoms with E-state index in [4.69, 9.17) is 0 Å². The Hall–Kier alpha value is -4.29. The van der Waals surface area contributed by atoms with Gasteiger partial charge in [-0.25, -0.2) is 9.58 Å². The molecule has 2 heterocycles. The van der Waals surface area contributed by atoms with Crippen LogP contribution in [-0.4, -0.2) is 31.8 Å². The van der Waals surface area contributed by atoms with Gasteiger partial charge in [-0.3, -0.25) is 9.69 Å². The van der Waals surface area contributed by atoms with Crippen LogP contribution in [0.3, 0.4) is 0 Å². The summed E-state index contributed by atoms with van der Waals surface area (Å²) < 4.78 is 1.90. The third-order valence-electron chi connectivity index (χ3n) is 6.88. The first kappa shape index (κ1) is 22.2. The second-order valence-corrected chi connectivity index (χ2v) is 9.27. The Balaban J connectivity index is 1.49. The van der Waals surface area contributed by atoms with Crippen LogP contribution in [0.2, 0.25) is 0 Å². The lowest BCUT2D eigenvalue weighted by Crippen LogP contribution is -2.38. The van der Waals surface area contributed by atoms with E-state index in [1.54, 1.807) is 0 Å². The summed E-state index contributed by atoms with van der Waals surface area (Å²) in [5.41, 5.74) is 6.03. The van der Waals surface area contributed by atoms with Gasteiger partial charge in [-0.05, 0) is 48.7 Å². The molecule has 1 aromatic heterocycles. The predicted octanol–water partition coefficient (Wildman–Crippen LogP) is 5.36. The molecule has 1 saturated heterocycles. The summed E-state index contributed by atoms with van der Waals surface area (Å²) in [6.07, 6.45) is 0.330. The van der Waals surface area contributed by atoms with Crippen molar-refractivity contribution in [2.75, 3.05) is 4.90 Å². The van der Waals surface area contributed by atoms with E-state index in [9.17, 15) is 4.79 Å². The molecule has 178 valence electrons. The number of aromatic nitrogens is 3. The maximum Gasteiger partial charge on any atom is 0.246 e. The minimum Gasteiger partial charge on any atom is -0.290 e. The molecule has 0 unspecified atom stereocenters. The number of carbonyl (C=O) groups is 1. The molecule has 1 aliphatic heterocycles. The fourth-order valence-corrected chi connectivity index (χ4v) is 5.08. The van der Waals surface area contributed by atoms with Crippen molar-refractivity contribution < 1.29 is 4.79 Å². The predicted molar refractivity (Wildman–Crippen MR) is 141 cm³/mol. The highest BCUT2D eigenvalue weighted by Crippen LogP contribution is 2.40. The molecular weight excluding hydrogens is 446 g/mol. The van der Waals surface area contributed by atoms with Crippen molar-refractivity contribution in [1.29, 1.82) is 0 Å². The Bertz CT molecular complexity index is 1480. The minimum absolute atomic E-state index is 0.0842. The highest BCUT2D eigenvalue weighted by molar-refractivity contribution is 6.00. The Kier molecular flexibility index (Phi) is 5.79. The molecule has 0 radical (unpaired) electrons. The third-order valence-corrected chi connectivity index (χ3v) is 6.88. The second-order valence-electron chi connectivity index (χ2n) is 9.27. The van der Waals surface area contributed by atoms with Gasteiger partial charge in [0.15, 0.2) is 0 Å². The molecular formula is C30H27N5O. The third kappa shape index (κ3) is 4.06. The van der Waals surface area contributed by atoms with E-state index < -0.39 is 0 Å². The smallest absolute Gasteiger partial charge is 0.246 e. The molecule has 0 spiro atoms. The molecule has 0 saturated carbocycles. The van der Waals surface area contributed by atoms with E-state index in [1.807, 2.05) is 82.4 Å². The number of hydrogen-bond donors (Lipinski definition) is 0. The fourth-order valence-electron chi connectivity index (χ4n) is 5.08. The van der Waals surface area contributed by atoms with E-state index >= 15 is 0 Å². The van der Waals surface area contributed by atoms with Crippen LogP contribution in [0.5, 0.6) is 0 Å². The van der Waals surface area contributed by atoms with E-state index in [2.05, 4.69) is 58.5 Å². The van der Waals surface area contributed by atoms with Gasteiger partial charge in [-0.2, -0.15) is 0 Å². The van der Waals surface area contributed by atoms with Crippen LogP contribution in [0.15, 0.2) is 109 Å². The van der Waals surface area contributed by atoms with E-state index in [1.165, 1.54) is 0 Å². The number of carbonyl (C=O) groups excluding carboxylic acids is 1. The number of fused-ring (bicyclic) bond motifs is 1. The van der Waals surface area contributed by atoms with Crippen LogP contribution in [0, 0.1) is 6.92 Å². The van der Waals surface area contributed by atoms with Crippen molar-refractivity contribution >= 4 is 22.6 Å². The highest BCUT2D eigenvalue weighted by atomic mass is 16.2. The molecule has 1 aliphatic rings. The van der Waals surface area contributed by atoms with Gasteiger partial charge in [0.1, 0.15) is 11.7 Å². The quantitative estimate of drug-likeness (QED) is 0.333. The molecule has 6 rings (SSSR count). The average Bonchev–Trinajstić information content (AvgIpc) is 3.45. The highest BCUT2D eigenvalue weighted by Gasteiger charge is 2.47. The average molecular weight is 474 g/mol. The second kappa shape index (κ2) is 9.40. The molecule has 6 heteroatoms. The first-order valence-corrected chi connectivity index (χ1v) is 12.2. The van der Waals surface area contributed by atoms with Gasteiger partial charge in [-0.1, -0.05) is 95.7 Å². The molecule has 4 aromatic carbocycles. The number of amides is 1. The Labute approximate surface area is 210 Å². The van der Waals surface area contributed by atoms with Crippen molar-refractivity contribution in [2.45, 2.75) is 32.2 Å². The van der Waals surface area contributed by atoms with Crippen molar-refractivity contribution in [3.8, 4) is 0 Å². The molecule has 0 aliphatic carbocycles. The van der Waals surface area contributed by atoms with Gasteiger partial charge in [0.25, 0.3) is 0 Å². The van der Waals surface area contributed by atoms with Crippen LogP contribution in [0.1, 0.15) is 22.9 Å². The zero-order chi connectivity index (χ0) is 24.5. The number of nitrogens with zero attached hydrogens (tertiary/aromatic N) is 5. The standard InChI is InChI=1S/C30H27N5O/c1-22-16-18-25(19-17-22)35-29(24-12-6-3-7-13-24)33(21-34-27-15-9-8-14-26(27)31-32-34)28(30(35)36)20-23-10-4-2-5-11-23/h2-19,28-29H,20-21H2,1H3/t28-,29-/m0/s1. The summed E-state index contributed by atoms with van der Waals surface area (Å²) in [7, 11) is 0. The van der Waals surface area contributed by atoms with Gasteiger partial charge < -0.3 is 0 Å². The molecule has 36 heavy (non-hydrogen) atoms. The van der Waals surface area contributed by atoms with Gasteiger partial charge in [0, 0.05) is 5.69 Å². The summed E-state index contributed by atoms with van der Waals surface area (Å²) >= 11 is 0. The number of para-hydroxylation sites is 1. The topological polar surface area (TPSA) is 54.3 Å². The summed E-state index contributed by atoms with van der Waals surface area (Å²) in [6.45, 7) is 2.50. The zero-order valence-electron chi connectivity index (χ0n) is 20.1. The van der Waals surface area contributed by atoms with Crippen LogP contribution in [-0.2, 0) is 17.9 Å². The van der Waals surface area contributed by atoms with Crippen LogP contribution in [0.25, 0.3) is 11.0 Å². The first-order chi connectivity index (χ1) is 17.7. The number of anilines is 1. The molecule has 5 aromatic rings. The monoisotopic (exact) mass is 473 g/mol. The lowest BCUT2D eigenvalue weighted by atomic mass is 10.0. The van der Waals surface area contributed by atoms with Gasteiger partial charge in [0.2, 0.25) is 5.91 Å². The number of hydrogen-bond acceptors (Lipinski definition) is 4. The zero-order valence-corrected chi connectivity index (χ0v) is 20.1. The normalized spacial score (nSPS) is 18.2. The van der Waals surface area contributed by atoms with Crippen LogP contribution < -0.4 is 4.90 Å². The van der Waals surface area contributed by atoms with E-state index in [-0.39, 0.29) is 18.1 Å². The maximum absolute atomic E-state index is 14.2. The SMILES string of the molecule is Cc1ccc(N2C(=O)[C@H](Cc3ccccc3)N(Cn3nnc4ccccc43)[C@@H]2c2ccccc2)cc1. The fraction of sp³-hybridized carbons (Fsp3) is 0.167. The Morgan fingerprint density at radius 1 is 0.778 bits per heavy atom. The lowest BCUT2D eigenvalue weighted by molar-refractivity contribution is -0.120. The summed E-state index contributed by atoms with van der Waals surface area (Å²) in [5, 5.41) is 8.82. The molecule has 0 bridgehead atoms. The van der Waals surface area contributed by atoms with Crippen molar-refractivity contribution in [1.82, 2.24) is 19.9 Å². The molecule has 1 amide bonds. The molecule has 1 fully saturated rings. The number of benzene rings is 4.